The Balaban J connectivity index is 1.47. The Bertz CT molecular complexity index is 1090. The Labute approximate surface area is 170 Å². The fraction of sp³-hybridized carbons (Fsp3) is 0.100. The van der Waals surface area contributed by atoms with Crippen LogP contribution in [0.3, 0.4) is 0 Å². The quantitative estimate of drug-likeness (QED) is 0.450. The lowest BCUT2D eigenvalue weighted by molar-refractivity contribution is 0.102. The van der Waals surface area contributed by atoms with Gasteiger partial charge in [0.15, 0.2) is 11.0 Å². The first kappa shape index (κ1) is 18.4. The first-order valence-electron chi connectivity index (χ1n) is 8.52. The highest BCUT2D eigenvalue weighted by Gasteiger charge is 2.15. The molecule has 2 aromatic carbocycles. The van der Waals surface area contributed by atoms with Crippen LogP contribution in [0.15, 0.2) is 69.4 Å². The summed E-state index contributed by atoms with van der Waals surface area (Å²) in [5.74, 6) is 1.43. The molecule has 0 atom stereocenters. The Kier molecular flexibility index (Phi) is 5.50. The number of aryl methyl sites for hydroxylation is 1. The molecule has 0 saturated heterocycles. The highest BCUT2D eigenvalue weighted by atomic mass is 32.2. The Morgan fingerprint density at radius 1 is 1.11 bits per heavy atom. The first-order valence-corrected chi connectivity index (χ1v) is 10.4. The average Bonchev–Trinajstić information content (AvgIpc) is 3.36. The van der Waals surface area contributed by atoms with Crippen LogP contribution >= 0.6 is 23.1 Å². The molecule has 1 N–H and O–H groups in total. The topological polar surface area (TPSA) is 80.9 Å². The van der Waals surface area contributed by atoms with E-state index in [9.17, 15) is 4.79 Å². The van der Waals surface area contributed by atoms with Gasteiger partial charge in [0, 0.05) is 15.8 Å². The molecule has 8 heteroatoms. The number of thioether (sulfide) groups is 1. The summed E-state index contributed by atoms with van der Waals surface area (Å²) in [6, 6.07) is 17.3. The van der Waals surface area contributed by atoms with E-state index in [2.05, 4.69) is 20.4 Å². The standard InChI is InChI=1S/C20H16N4O2S2/c1-13-21-18(26-24-13)12-27-17-10-6-5-9-15(17)19(25)23-20-22-16(11-28-20)14-7-3-2-4-8-14/h2-11H,12H2,1H3,(H,22,23,25). The Hall–Kier alpha value is -2.97. The molecule has 0 aliphatic heterocycles. The van der Waals surface area contributed by atoms with Crippen LogP contribution in [-0.2, 0) is 5.75 Å². The zero-order valence-corrected chi connectivity index (χ0v) is 16.6. The number of nitrogens with zero attached hydrogens (tertiary/aromatic N) is 3. The van der Waals surface area contributed by atoms with Gasteiger partial charge in [0.2, 0.25) is 5.89 Å². The molecule has 1 amide bonds. The van der Waals surface area contributed by atoms with Crippen LogP contribution in [-0.4, -0.2) is 21.0 Å². The number of hydrogen-bond acceptors (Lipinski definition) is 7. The van der Waals surface area contributed by atoms with Gasteiger partial charge < -0.3 is 4.52 Å². The van der Waals surface area contributed by atoms with Crippen LogP contribution in [0.25, 0.3) is 11.3 Å². The van der Waals surface area contributed by atoms with Crippen molar-refractivity contribution in [2.45, 2.75) is 17.6 Å². The summed E-state index contributed by atoms with van der Waals surface area (Å²) < 4.78 is 5.14. The molecule has 0 aliphatic carbocycles. The number of amides is 1. The zero-order chi connectivity index (χ0) is 19.3. The third kappa shape index (κ3) is 4.29. The van der Waals surface area contributed by atoms with Gasteiger partial charge in [-0.3, -0.25) is 10.1 Å². The number of hydrogen-bond donors (Lipinski definition) is 1. The van der Waals surface area contributed by atoms with E-state index in [1.807, 2.05) is 53.9 Å². The minimum Gasteiger partial charge on any atom is -0.338 e. The maximum atomic E-state index is 12.8. The van der Waals surface area contributed by atoms with Crippen LogP contribution < -0.4 is 5.32 Å². The summed E-state index contributed by atoms with van der Waals surface area (Å²) in [4.78, 5) is 22.3. The SMILES string of the molecule is Cc1noc(CSc2ccccc2C(=O)Nc2nc(-c3ccccc3)cs2)n1. The largest absolute Gasteiger partial charge is 0.338 e. The van der Waals surface area contributed by atoms with E-state index in [-0.39, 0.29) is 5.91 Å². The maximum absolute atomic E-state index is 12.8. The van der Waals surface area contributed by atoms with Gasteiger partial charge in [0.25, 0.3) is 5.91 Å². The van der Waals surface area contributed by atoms with Crippen molar-refractivity contribution in [3.8, 4) is 11.3 Å². The first-order chi connectivity index (χ1) is 13.7. The van der Waals surface area contributed by atoms with Gasteiger partial charge in [-0.1, -0.05) is 47.6 Å². The van der Waals surface area contributed by atoms with E-state index < -0.39 is 0 Å². The molecule has 0 saturated carbocycles. The maximum Gasteiger partial charge on any atom is 0.258 e. The number of thiazole rings is 1. The predicted molar refractivity (Wildman–Crippen MR) is 111 cm³/mol. The van der Waals surface area contributed by atoms with E-state index in [0.29, 0.717) is 28.2 Å². The lowest BCUT2D eigenvalue weighted by Crippen LogP contribution is -2.12. The van der Waals surface area contributed by atoms with Crippen molar-refractivity contribution in [2.24, 2.45) is 0 Å². The number of aromatic nitrogens is 3. The number of rotatable bonds is 6. The minimum atomic E-state index is -0.196. The summed E-state index contributed by atoms with van der Waals surface area (Å²) in [6.07, 6.45) is 0. The molecule has 0 bridgehead atoms. The van der Waals surface area contributed by atoms with E-state index in [0.717, 1.165) is 16.2 Å². The van der Waals surface area contributed by atoms with Crippen molar-refractivity contribution in [3.63, 3.8) is 0 Å². The van der Waals surface area contributed by atoms with E-state index >= 15 is 0 Å². The Morgan fingerprint density at radius 2 is 1.89 bits per heavy atom. The van der Waals surface area contributed by atoms with Gasteiger partial charge in [-0.05, 0) is 19.1 Å². The molecule has 4 aromatic rings. The van der Waals surface area contributed by atoms with Crippen molar-refractivity contribution in [1.29, 1.82) is 0 Å². The molecule has 4 rings (SSSR count). The van der Waals surface area contributed by atoms with Crippen molar-refractivity contribution < 1.29 is 9.32 Å². The van der Waals surface area contributed by atoms with Crippen molar-refractivity contribution in [1.82, 2.24) is 15.1 Å². The summed E-state index contributed by atoms with van der Waals surface area (Å²) in [5.41, 5.74) is 2.44. The number of benzene rings is 2. The fourth-order valence-corrected chi connectivity index (χ4v) is 4.16. The van der Waals surface area contributed by atoms with Crippen LogP contribution in [0.5, 0.6) is 0 Å². The molecule has 2 heterocycles. The number of nitrogens with one attached hydrogen (secondary N) is 1. The second-order valence-corrected chi connectivity index (χ2v) is 7.75. The molecule has 0 unspecified atom stereocenters. The fourth-order valence-electron chi connectivity index (χ4n) is 2.56. The second kappa shape index (κ2) is 8.37. The lowest BCUT2D eigenvalue weighted by atomic mass is 10.2. The molecule has 6 nitrogen and oxygen atoms in total. The molecule has 0 fully saturated rings. The van der Waals surface area contributed by atoms with E-state index in [4.69, 9.17) is 4.52 Å². The van der Waals surface area contributed by atoms with Gasteiger partial charge in [0.1, 0.15) is 0 Å². The summed E-state index contributed by atoms with van der Waals surface area (Å²) in [5, 5.41) is 9.18. The van der Waals surface area contributed by atoms with Crippen LogP contribution in [0.1, 0.15) is 22.1 Å². The summed E-state index contributed by atoms with van der Waals surface area (Å²) in [6.45, 7) is 1.77. The number of anilines is 1. The monoisotopic (exact) mass is 408 g/mol. The third-order valence-electron chi connectivity index (χ3n) is 3.85. The molecule has 0 radical (unpaired) electrons. The summed E-state index contributed by atoms with van der Waals surface area (Å²) in [7, 11) is 0. The van der Waals surface area contributed by atoms with Crippen molar-refractivity contribution in [2.75, 3.05) is 5.32 Å². The molecule has 28 heavy (non-hydrogen) atoms. The summed E-state index contributed by atoms with van der Waals surface area (Å²) >= 11 is 2.88. The van der Waals surface area contributed by atoms with E-state index in [1.54, 1.807) is 13.0 Å². The van der Waals surface area contributed by atoms with Gasteiger partial charge >= 0.3 is 0 Å². The van der Waals surface area contributed by atoms with Gasteiger partial charge in [-0.15, -0.1) is 23.1 Å². The Morgan fingerprint density at radius 3 is 2.68 bits per heavy atom. The second-order valence-electron chi connectivity index (χ2n) is 5.88. The van der Waals surface area contributed by atoms with Crippen LogP contribution in [0.2, 0.25) is 0 Å². The highest BCUT2D eigenvalue weighted by molar-refractivity contribution is 7.98. The van der Waals surface area contributed by atoms with Gasteiger partial charge in [0.05, 0.1) is 17.0 Å². The van der Waals surface area contributed by atoms with Crippen molar-refractivity contribution in [3.05, 3.63) is 77.3 Å². The molecule has 0 aliphatic rings. The molecular weight excluding hydrogens is 392 g/mol. The van der Waals surface area contributed by atoms with E-state index in [1.165, 1.54) is 23.1 Å². The highest BCUT2D eigenvalue weighted by Crippen LogP contribution is 2.28. The average molecular weight is 409 g/mol. The zero-order valence-electron chi connectivity index (χ0n) is 15.0. The molecular formula is C20H16N4O2S2. The van der Waals surface area contributed by atoms with Gasteiger partial charge in [-0.25, -0.2) is 4.98 Å². The smallest absolute Gasteiger partial charge is 0.258 e. The minimum absolute atomic E-state index is 0.196. The predicted octanol–water partition coefficient (Wildman–Crippen LogP) is 5.05. The lowest BCUT2D eigenvalue weighted by Gasteiger charge is -2.07. The van der Waals surface area contributed by atoms with Gasteiger partial charge in [-0.2, -0.15) is 4.98 Å². The number of carbonyl (C=O) groups excluding carboxylic acids is 1. The molecule has 140 valence electrons. The normalized spacial score (nSPS) is 10.8. The van der Waals surface area contributed by atoms with Crippen LogP contribution in [0.4, 0.5) is 5.13 Å². The molecule has 0 spiro atoms. The van der Waals surface area contributed by atoms with Crippen molar-refractivity contribution >= 4 is 34.1 Å². The van der Waals surface area contributed by atoms with Crippen LogP contribution in [0, 0.1) is 6.92 Å². The third-order valence-corrected chi connectivity index (χ3v) is 5.66. The number of carbonyl (C=O) groups is 1. The molecule has 2 aromatic heterocycles.